The van der Waals surface area contributed by atoms with Crippen LogP contribution >= 0.6 is 0 Å². The fourth-order valence-corrected chi connectivity index (χ4v) is 1.50. The normalized spacial score (nSPS) is 12.4. The molecule has 1 rings (SSSR count). The maximum absolute atomic E-state index is 5.19. The van der Waals surface area contributed by atoms with Gasteiger partial charge in [0.25, 0.3) is 0 Å². The minimum absolute atomic E-state index is 1.21. The van der Waals surface area contributed by atoms with E-state index in [4.69, 9.17) is 6.42 Å². The Morgan fingerprint density at radius 3 is 2.53 bits per heavy atom. The highest BCUT2D eigenvalue weighted by Crippen LogP contribution is 2.21. The predicted molar refractivity (Wildman–Crippen MR) is 67.4 cm³/mol. The van der Waals surface area contributed by atoms with E-state index in [1.807, 2.05) is 6.08 Å². The second kappa shape index (κ2) is 5.22. The van der Waals surface area contributed by atoms with E-state index in [9.17, 15) is 0 Å². The zero-order chi connectivity index (χ0) is 11.3. The zero-order valence-corrected chi connectivity index (χ0v) is 9.54. The molecular formula is C15H16. The SMILES string of the molecule is C#C/C=C\C(C)=C(/C)c1ccccc1C. The van der Waals surface area contributed by atoms with Gasteiger partial charge in [0.15, 0.2) is 0 Å². The highest BCUT2D eigenvalue weighted by Gasteiger charge is 2.00. The minimum atomic E-state index is 1.21. The highest BCUT2D eigenvalue weighted by atomic mass is 14.1. The van der Waals surface area contributed by atoms with Crippen LogP contribution in [0, 0.1) is 19.3 Å². The number of aryl methyl sites for hydroxylation is 1. The van der Waals surface area contributed by atoms with Crippen molar-refractivity contribution in [3.8, 4) is 12.3 Å². The molecule has 15 heavy (non-hydrogen) atoms. The van der Waals surface area contributed by atoms with E-state index in [-0.39, 0.29) is 0 Å². The van der Waals surface area contributed by atoms with Gasteiger partial charge >= 0.3 is 0 Å². The predicted octanol–water partition coefficient (Wildman–Crippen LogP) is 3.98. The summed E-state index contributed by atoms with van der Waals surface area (Å²) in [5.41, 5.74) is 5.07. The lowest BCUT2D eigenvalue weighted by Crippen LogP contribution is -1.87. The molecule has 0 heteroatoms. The highest BCUT2D eigenvalue weighted by molar-refractivity contribution is 5.71. The van der Waals surface area contributed by atoms with Gasteiger partial charge in [-0.25, -0.2) is 0 Å². The second-order valence-corrected chi connectivity index (χ2v) is 3.62. The summed E-state index contributed by atoms with van der Waals surface area (Å²) in [6, 6.07) is 8.37. The van der Waals surface area contributed by atoms with Crippen LogP contribution in [-0.2, 0) is 0 Å². The summed E-state index contributed by atoms with van der Waals surface area (Å²) >= 11 is 0. The Bertz CT molecular complexity index is 439. The first kappa shape index (κ1) is 11.3. The largest absolute Gasteiger partial charge is 0.115 e. The first-order chi connectivity index (χ1) is 7.16. The van der Waals surface area contributed by atoms with E-state index in [2.05, 4.69) is 51.0 Å². The number of rotatable bonds is 2. The summed E-state index contributed by atoms with van der Waals surface area (Å²) in [6.45, 7) is 6.32. The van der Waals surface area contributed by atoms with Crippen molar-refractivity contribution in [1.82, 2.24) is 0 Å². The fraction of sp³-hybridized carbons (Fsp3) is 0.200. The van der Waals surface area contributed by atoms with Crippen LogP contribution < -0.4 is 0 Å². The van der Waals surface area contributed by atoms with Crippen molar-refractivity contribution in [3.05, 3.63) is 53.1 Å². The molecule has 76 valence electrons. The Balaban J connectivity index is 3.14. The Morgan fingerprint density at radius 2 is 1.93 bits per heavy atom. The smallest absolute Gasteiger partial charge is 0.0119 e. The Kier molecular flexibility index (Phi) is 3.94. The van der Waals surface area contributed by atoms with Gasteiger partial charge in [0.05, 0.1) is 0 Å². The van der Waals surface area contributed by atoms with Gasteiger partial charge in [-0.15, -0.1) is 6.42 Å². The molecule has 1 aromatic carbocycles. The van der Waals surface area contributed by atoms with Crippen LogP contribution in [0.3, 0.4) is 0 Å². The molecule has 0 saturated heterocycles. The molecule has 0 aromatic heterocycles. The van der Waals surface area contributed by atoms with E-state index < -0.39 is 0 Å². The van der Waals surface area contributed by atoms with Crippen LogP contribution in [0.2, 0.25) is 0 Å². The average Bonchev–Trinajstić information content (AvgIpc) is 2.25. The third-order valence-corrected chi connectivity index (χ3v) is 2.57. The molecule has 0 aliphatic heterocycles. The molecule has 0 amide bonds. The summed E-state index contributed by atoms with van der Waals surface area (Å²) in [5, 5.41) is 0. The molecule has 0 unspecified atom stereocenters. The van der Waals surface area contributed by atoms with Crippen LogP contribution in [0.1, 0.15) is 25.0 Å². The van der Waals surface area contributed by atoms with Gasteiger partial charge in [0.2, 0.25) is 0 Å². The average molecular weight is 196 g/mol. The van der Waals surface area contributed by atoms with Crippen molar-refractivity contribution >= 4 is 5.57 Å². The fourth-order valence-electron chi connectivity index (χ4n) is 1.50. The summed E-state index contributed by atoms with van der Waals surface area (Å²) in [5.74, 6) is 2.50. The molecule has 0 fully saturated rings. The van der Waals surface area contributed by atoms with Crippen molar-refractivity contribution < 1.29 is 0 Å². The van der Waals surface area contributed by atoms with Crippen LogP contribution in [0.25, 0.3) is 5.57 Å². The third kappa shape index (κ3) is 2.86. The van der Waals surface area contributed by atoms with Crippen molar-refractivity contribution in [1.29, 1.82) is 0 Å². The topological polar surface area (TPSA) is 0 Å². The van der Waals surface area contributed by atoms with Crippen molar-refractivity contribution in [2.75, 3.05) is 0 Å². The Hall–Kier alpha value is -1.74. The number of allylic oxidation sites excluding steroid dienone is 4. The van der Waals surface area contributed by atoms with Gasteiger partial charge in [-0.2, -0.15) is 0 Å². The molecular weight excluding hydrogens is 180 g/mol. The van der Waals surface area contributed by atoms with Crippen LogP contribution in [0.15, 0.2) is 42.0 Å². The van der Waals surface area contributed by atoms with E-state index >= 15 is 0 Å². The van der Waals surface area contributed by atoms with Crippen LogP contribution in [0.4, 0.5) is 0 Å². The molecule has 0 nitrogen and oxygen atoms in total. The molecule has 1 aromatic rings. The van der Waals surface area contributed by atoms with E-state index in [0.717, 1.165) is 0 Å². The third-order valence-electron chi connectivity index (χ3n) is 2.57. The second-order valence-electron chi connectivity index (χ2n) is 3.62. The molecule has 0 spiro atoms. The summed E-state index contributed by atoms with van der Waals surface area (Å²) in [6.07, 6.45) is 8.89. The van der Waals surface area contributed by atoms with Crippen LogP contribution in [-0.4, -0.2) is 0 Å². The summed E-state index contributed by atoms with van der Waals surface area (Å²) in [4.78, 5) is 0. The lowest BCUT2D eigenvalue weighted by molar-refractivity contribution is 1.38. The Morgan fingerprint density at radius 1 is 1.27 bits per heavy atom. The zero-order valence-electron chi connectivity index (χ0n) is 9.54. The summed E-state index contributed by atoms with van der Waals surface area (Å²) in [7, 11) is 0. The van der Waals surface area contributed by atoms with Crippen molar-refractivity contribution in [2.24, 2.45) is 0 Å². The number of hydrogen-bond donors (Lipinski definition) is 0. The molecule has 0 saturated carbocycles. The number of benzene rings is 1. The Labute approximate surface area is 92.3 Å². The monoisotopic (exact) mass is 196 g/mol. The van der Waals surface area contributed by atoms with Crippen molar-refractivity contribution in [3.63, 3.8) is 0 Å². The minimum Gasteiger partial charge on any atom is -0.115 e. The van der Waals surface area contributed by atoms with E-state index in [1.54, 1.807) is 6.08 Å². The van der Waals surface area contributed by atoms with Crippen LogP contribution in [0.5, 0.6) is 0 Å². The quantitative estimate of drug-likeness (QED) is 0.496. The van der Waals surface area contributed by atoms with Gasteiger partial charge in [0.1, 0.15) is 0 Å². The number of hydrogen-bond acceptors (Lipinski definition) is 0. The molecule has 0 aliphatic rings. The molecule has 0 N–H and O–H groups in total. The molecule has 0 heterocycles. The lowest BCUT2D eigenvalue weighted by atomic mass is 9.98. The van der Waals surface area contributed by atoms with Gasteiger partial charge in [0, 0.05) is 0 Å². The number of terminal acetylenes is 1. The molecule has 0 radical (unpaired) electrons. The van der Waals surface area contributed by atoms with Gasteiger partial charge in [-0.05, 0) is 49.1 Å². The maximum atomic E-state index is 5.19. The van der Waals surface area contributed by atoms with Gasteiger partial charge in [-0.1, -0.05) is 36.3 Å². The maximum Gasteiger partial charge on any atom is -0.0119 e. The molecule has 0 atom stereocenters. The lowest BCUT2D eigenvalue weighted by Gasteiger charge is -2.07. The standard InChI is InChI=1S/C15H16/c1-5-6-9-12(2)14(4)15-11-8-7-10-13(15)3/h1,6-11H,2-4H3/b9-6-,14-12+. The van der Waals surface area contributed by atoms with E-state index in [0.29, 0.717) is 0 Å². The summed E-state index contributed by atoms with van der Waals surface area (Å²) < 4.78 is 0. The molecule has 0 aliphatic carbocycles. The van der Waals surface area contributed by atoms with Gasteiger partial charge in [-0.3, -0.25) is 0 Å². The first-order valence-electron chi connectivity index (χ1n) is 5.03. The molecule has 0 bridgehead atoms. The van der Waals surface area contributed by atoms with E-state index in [1.165, 1.54) is 22.3 Å². The first-order valence-corrected chi connectivity index (χ1v) is 5.03. The van der Waals surface area contributed by atoms with Gasteiger partial charge < -0.3 is 0 Å². The van der Waals surface area contributed by atoms with Crippen molar-refractivity contribution in [2.45, 2.75) is 20.8 Å².